The van der Waals surface area contributed by atoms with Crippen LogP contribution in [-0.4, -0.2) is 47.9 Å². The van der Waals surface area contributed by atoms with Crippen LogP contribution in [0, 0.1) is 5.82 Å². The van der Waals surface area contributed by atoms with Gasteiger partial charge in [-0.05, 0) is 42.8 Å². The first kappa shape index (κ1) is 21.8. The van der Waals surface area contributed by atoms with Gasteiger partial charge in [0.25, 0.3) is 11.8 Å². The molecule has 2 amide bonds. The van der Waals surface area contributed by atoms with Crippen LogP contribution in [0.1, 0.15) is 27.1 Å². The van der Waals surface area contributed by atoms with Crippen molar-refractivity contribution in [3.63, 3.8) is 0 Å². The summed E-state index contributed by atoms with van der Waals surface area (Å²) in [6.07, 6.45) is 2.34. The molecule has 1 N–H and O–H groups in total. The fourth-order valence-corrected chi connectivity index (χ4v) is 3.86. The molecule has 32 heavy (non-hydrogen) atoms. The van der Waals surface area contributed by atoms with Crippen LogP contribution in [0.15, 0.2) is 66.9 Å². The number of nitrogens with one attached hydrogen (secondary N) is 1. The zero-order chi connectivity index (χ0) is 22.5. The van der Waals surface area contributed by atoms with Gasteiger partial charge in [0.15, 0.2) is 0 Å². The maximum absolute atomic E-state index is 13.8. The van der Waals surface area contributed by atoms with Gasteiger partial charge in [0.2, 0.25) is 0 Å². The van der Waals surface area contributed by atoms with Gasteiger partial charge in [-0.15, -0.1) is 0 Å². The third-order valence-electron chi connectivity index (χ3n) is 5.34. The van der Waals surface area contributed by atoms with Crippen LogP contribution >= 0.6 is 11.6 Å². The van der Waals surface area contributed by atoms with Gasteiger partial charge >= 0.3 is 0 Å². The van der Waals surface area contributed by atoms with Crippen molar-refractivity contribution in [1.82, 2.24) is 9.88 Å². The number of rotatable bonds is 4. The van der Waals surface area contributed by atoms with Crippen molar-refractivity contribution >= 4 is 34.9 Å². The van der Waals surface area contributed by atoms with Crippen molar-refractivity contribution in [2.45, 2.75) is 6.42 Å². The van der Waals surface area contributed by atoms with E-state index in [0.29, 0.717) is 35.9 Å². The number of pyridine rings is 1. The van der Waals surface area contributed by atoms with Crippen LogP contribution in [0.3, 0.4) is 0 Å². The third kappa shape index (κ3) is 4.89. The van der Waals surface area contributed by atoms with Gasteiger partial charge in [-0.2, -0.15) is 0 Å². The fourth-order valence-electron chi connectivity index (χ4n) is 3.65. The molecular formula is C24H22ClFN4O2. The summed E-state index contributed by atoms with van der Waals surface area (Å²) in [5, 5.41) is 3.11. The summed E-state index contributed by atoms with van der Waals surface area (Å²) in [5.74, 6) is -0.422. The highest BCUT2D eigenvalue weighted by atomic mass is 35.5. The predicted octanol–water partition coefficient (Wildman–Crippen LogP) is 4.48. The minimum atomic E-state index is -0.574. The Labute approximate surface area is 190 Å². The van der Waals surface area contributed by atoms with Crippen molar-refractivity contribution in [3.05, 3.63) is 88.8 Å². The minimum Gasteiger partial charge on any atom is -0.355 e. The summed E-state index contributed by atoms with van der Waals surface area (Å²) in [6.45, 7) is 2.57. The van der Waals surface area contributed by atoms with Crippen molar-refractivity contribution in [3.8, 4) is 0 Å². The van der Waals surface area contributed by atoms with E-state index in [1.54, 1.807) is 42.6 Å². The predicted molar refractivity (Wildman–Crippen MR) is 123 cm³/mol. The molecule has 6 nitrogen and oxygen atoms in total. The first-order valence-corrected chi connectivity index (χ1v) is 10.7. The maximum Gasteiger partial charge on any atom is 0.258 e. The first-order valence-electron chi connectivity index (χ1n) is 10.3. The second kappa shape index (κ2) is 9.78. The summed E-state index contributed by atoms with van der Waals surface area (Å²) in [6, 6.07) is 16.4. The Balaban J connectivity index is 1.38. The molecule has 1 aliphatic rings. The zero-order valence-electron chi connectivity index (χ0n) is 17.3. The van der Waals surface area contributed by atoms with Crippen LogP contribution in [0.4, 0.5) is 15.9 Å². The number of nitrogens with zero attached hydrogens (tertiary/aromatic N) is 3. The number of carbonyl (C=O) groups is 2. The highest BCUT2D eigenvalue weighted by Gasteiger charge is 2.22. The van der Waals surface area contributed by atoms with Gasteiger partial charge in [0.1, 0.15) is 11.6 Å². The average molecular weight is 453 g/mol. The Kier molecular flexibility index (Phi) is 6.66. The summed E-state index contributed by atoms with van der Waals surface area (Å²) in [5.41, 5.74) is 0.968. The molecule has 0 saturated carbocycles. The van der Waals surface area contributed by atoms with E-state index in [2.05, 4.69) is 15.2 Å². The van der Waals surface area contributed by atoms with Crippen LogP contribution in [0.2, 0.25) is 5.02 Å². The molecule has 8 heteroatoms. The molecule has 0 aliphatic carbocycles. The molecule has 2 aromatic carbocycles. The summed E-state index contributed by atoms with van der Waals surface area (Å²) < 4.78 is 13.8. The van der Waals surface area contributed by atoms with Gasteiger partial charge in [-0.3, -0.25) is 9.59 Å². The molecule has 0 spiro atoms. The molecule has 1 aliphatic heterocycles. The number of hydrogen-bond acceptors (Lipinski definition) is 4. The molecule has 1 aromatic heterocycles. The van der Waals surface area contributed by atoms with Gasteiger partial charge in [0, 0.05) is 26.2 Å². The van der Waals surface area contributed by atoms with Crippen LogP contribution in [0.25, 0.3) is 0 Å². The monoisotopic (exact) mass is 452 g/mol. The molecule has 0 bridgehead atoms. The van der Waals surface area contributed by atoms with Gasteiger partial charge in [0.05, 0.1) is 28.0 Å². The second-order valence-electron chi connectivity index (χ2n) is 7.45. The van der Waals surface area contributed by atoms with E-state index in [1.807, 2.05) is 11.0 Å². The number of carbonyl (C=O) groups excluding carboxylic acids is 2. The number of anilines is 2. The lowest BCUT2D eigenvalue weighted by Crippen LogP contribution is -2.35. The molecule has 0 atom stereocenters. The number of halogens is 2. The quantitative estimate of drug-likeness (QED) is 0.634. The molecular weight excluding hydrogens is 431 g/mol. The molecule has 0 unspecified atom stereocenters. The van der Waals surface area contributed by atoms with E-state index in [-0.39, 0.29) is 11.5 Å². The maximum atomic E-state index is 13.8. The molecule has 0 radical (unpaired) electrons. The topological polar surface area (TPSA) is 65.5 Å². The standard InChI is InChI=1S/C24H22ClFN4O2/c25-20-8-3-1-6-18(20)24(32)30-13-5-12-29(14-15-30)22-11-10-17(16-27-22)28-23(31)19-7-2-4-9-21(19)26/h1-4,6-11,16H,5,12-15H2,(H,28,31). The number of benzene rings is 2. The highest BCUT2D eigenvalue weighted by Crippen LogP contribution is 2.21. The van der Waals surface area contributed by atoms with Crippen molar-refractivity contribution in [2.24, 2.45) is 0 Å². The van der Waals surface area contributed by atoms with Gasteiger partial charge < -0.3 is 15.1 Å². The third-order valence-corrected chi connectivity index (χ3v) is 5.67. The minimum absolute atomic E-state index is 0.0210. The molecule has 164 valence electrons. The SMILES string of the molecule is O=C(Nc1ccc(N2CCCN(C(=O)c3ccccc3Cl)CC2)nc1)c1ccccc1F. The van der Waals surface area contributed by atoms with E-state index < -0.39 is 11.7 Å². The number of hydrogen-bond donors (Lipinski definition) is 1. The fraction of sp³-hybridized carbons (Fsp3) is 0.208. The van der Waals surface area contributed by atoms with Crippen molar-refractivity contribution in [1.29, 1.82) is 0 Å². The van der Waals surface area contributed by atoms with Crippen molar-refractivity contribution in [2.75, 3.05) is 36.4 Å². The summed E-state index contributed by atoms with van der Waals surface area (Å²) in [7, 11) is 0. The number of aromatic nitrogens is 1. The lowest BCUT2D eigenvalue weighted by atomic mass is 10.2. The Morgan fingerprint density at radius 3 is 2.38 bits per heavy atom. The van der Waals surface area contributed by atoms with E-state index in [1.165, 1.54) is 18.2 Å². The normalized spacial score (nSPS) is 14.1. The van der Waals surface area contributed by atoms with E-state index in [9.17, 15) is 14.0 Å². The Hall–Kier alpha value is -3.45. The summed E-state index contributed by atoms with van der Waals surface area (Å²) >= 11 is 6.18. The van der Waals surface area contributed by atoms with Crippen LogP contribution < -0.4 is 10.2 Å². The molecule has 4 rings (SSSR count). The molecule has 1 fully saturated rings. The highest BCUT2D eigenvalue weighted by molar-refractivity contribution is 6.33. The molecule has 2 heterocycles. The van der Waals surface area contributed by atoms with Crippen molar-refractivity contribution < 1.29 is 14.0 Å². The zero-order valence-corrected chi connectivity index (χ0v) is 18.1. The molecule has 3 aromatic rings. The number of amides is 2. The lowest BCUT2D eigenvalue weighted by Gasteiger charge is -2.23. The Morgan fingerprint density at radius 1 is 0.906 bits per heavy atom. The summed E-state index contributed by atoms with van der Waals surface area (Å²) in [4.78, 5) is 33.5. The van der Waals surface area contributed by atoms with Gasteiger partial charge in [-0.1, -0.05) is 35.9 Å². The second-order valence-corrected chi connectivity index (χ2v) is 7.86. The Bertz CT molecular complexity index is 1120. The van der Waals surface area contributed by atoms with Crippen LogP contribution in [-0.2, 0) is 0 Å². The van der Waals surface area contributed by atoms with Gasteiger partial charge in [-0.25, -0.2) is 9.37 Å². The lowest BCUT2D eigenvalue weighted by molar-refractivity contribution is 0.0767. The first-order chi connectivity index (χ1) is 15.5. The van der Waals surface area contributed by atoms with E-state index in [0.717, 1.165) is 18.8 Å². The Morgan fingerprint density at radius 2 is 1.66 bits per heavy atom. The largest absolute Gasteiger partial charge is 0.355 e. The average Bonchev–Trinajstić information content (AvgIpc) is 3.06. The van der Waals surface area contributed by atoms with E-state index in [4.69, 9.17) is 11.6 Å². The van der Waals surface area contributed by atoms with Crippen LogP contribution in [0.5, 0.6) is 0 Å². The van der Waals surface area contributed by atoms with E-state index >= 15 is 0 Å². The smallest absolute Gasteiger partial charge is 0.258 e. The molecule has 1 saturated heterocycles.